The van der Waals surface area contributed by atoms with Crippen LogP contribution < -0.4 is 4.90 Å². The van der Waals surface area contributed by atoms with E-state index in [0.717, 1.165) is 13.0 Å². The van der Waals surface area contributed by atoms with E-state index in [4.69, 9.17) is 23.6 Å². The van der Waals surface area contributed by atoms with Gasteiger partial charge in [0.1, 0.15) is 0 Å². The highest BCUT2D eigenvalue weighted by Gasteiger charge is 2.26. The third kappa shape index (κ3) is 8.25. The Balaban J connectivity index is 4.04. The molecule has 0 saturated carbocycles. The van der Waals surface area contributed by atoms with Gasteiger partial charge in [-0.1, -0.05) is 26.7 Å². The fourth-order valence-corrected chi connectivity index (χ4v) is 1.96. The van der Waals surface area contributed by atoms with Gasteiger partial charge in [-0.25, -0.2) is 0 Å². The van der Waals surface area contributed by atoms with Crippen molar-refractivity contribution in [2.45, 2.75) is 65.3 Å². The molecule has 0 unspecified atom stereocenters. The van der Waals surface area contributed by atoms with Crippen LogP contribution in [0.25, 0.3) is 0 Å². The van der Waals surface area contributed by atoms with Crippen LogP contribution >= 0.6 is 23.6 Å². The molecule has 0 atom stereocenters. The van der Waals surface area contributed by atoms with Crippen molar-refractivity contribution in [3.8, 4) is 0 Å². The lowest BCUT2D eigenvalue weighted by Crippen LogP contribution is -3.12. The fourth-order valence-electron chi connectivity index (χ4n) is 1.80. The molecule has 2 nitrogen and oxygen atoms in total. The van der Waals surface area contributed by atoms with Crippen molar-refractivity contribution in [1.82, 2.24) is 3.94 Å². The first kappa shape index (κ1) is 17.5. The van der Waals surface area contributed by atoms with Crippen LogP contribution in [0.5, 0.6) is 0 Å². The first-order valence-corrected chi connectivity index (χ1v) is 7.57. The summed E-state index contributed by atoms with van der Waals surface area (Å²) in [4.78, 5) is 1.69. The van der Waals surface area contributed by atoms with Gasteiger partial charge in [-0.15, -0.1) is 3.94 Å². The number of nitrogens with zero attached hydrogens (tertiary/aromatic N) is 1. The van der Waals surface area contributed by atoms with Gasteiger partial charge < -0.3 is 4.90 Å². The minimum atomic E-state index is -0.132. The molecule has 0 heterocycles. The maximum atomic E-state index is 5.85. The Bertz CT molecular complexity index is 176. The smallest absolute Gasteiger partial charge is 0.0789 e. The highest BCUT2D eigenvalue weighted by molar-refractivity contribution is 6.34. The summed E-state index contributed by atoms with van der Waals surface area (Å²) in [6.07, 6.45) is 6.20. The summed E-state index contributed by atoms with van der Waals surface area (Å²) < 4.78 is 1.30. The number of hydrogen-bond donors (Lipinski definition) is 1. The lowest BCUT2D eigenvalue weighted by atomic mass is 10.0. The van der Waals surface area contributed by atoms with Crippen LogP contribution in [0.15, 0.2) is 0 Å². The summed E-state index contributed by atoms with van der Waals surface area (Å²) in [5.41, 5.74) is -0.132. The van der Waals surface area contributed by atoms with Gasteiger partial charge in [-0.05, 0) is 50.2 Å². The summed E-state index contributed by atoms with van der Waals surface area (Å²) >= 11 is 11.7. The first-order chi connectivity index (χ1) is 7.94. The van der Waals surface area contributed by atoms with Crippen LogP contribution in [0.2, 0.25) is 0 Å². The Morgan fingerprint density at radius 2 is 1.41 bits per heavy atom. The molecule has 0 rings (SSSR count). The lowest BCUT2D eigenvalue weighted by molar-refractivity contribution is -0.901. The van der Waals surface area contributed by atoms with Gasteiger partial charge in [-0.2, -0.15) is 0 Å². The molecule has 0 aromatic heterocycles. The zero-order chi connectivity index (χ0) is 13.3. The maximum absolute atomic E-state index is 5.85. The third-order valence-corrected chi connectivity index (χ3v) is 4.23. The van der Waals surface area contributed by atoms with Crippen LogP contribution in [-0.2, 0) is 0 Å². The Labute approximate surface area is 117 Å². The number of nitrogens with one attached hydrogen (secondary N) is 1. The molecule has 4 heteroatoms. The zero-order valence-electron chi connectivity index (χ0n) is 11.9. The quantitative estimate of drug-likeness (QED) is 0.605. The van der Waals surface area contributed by atoms with Crippen molar-refractivity contribution in [2.75, 3.05) is 19.6 Å². The lowest BCUT2D eigenvalue weighted by Gasteiger charge is -2.29. The van der Waals surface area contributed by atoms with Crippen LogP contribution in [0.3, 0.4) is 0 Å². The summed E-state index contributed by atoms with van der Waals surface area (Å²) in [5, 5.41) is 0. The van der Waals surface area contributed by atoms with E-state index >= 15 is 0 Å². The summed E-state index contributed by atoms with van der Waals surface area (Å²) in [6.45, 7) is 12.4. The van der Waals surface area contributed by atoms with Crippen LogP contribution in [0.1, 0.15) is 59.8 Å². The summed E-state index contributed by atoms with van der Waals surface area (Å²) in [6, 6.07) is 0. The van der Waals surface area contributed by atoms with Gasteiger partial charge in [0.05, 0.1) is 25.2 Å². The molecule has 0 spiro atoms. The molecule has 0 bridgehead atoms. The van der Waals surface area contributed by atoms with E-state index in [2.05, 4.69) is 27.7 Å². The molecule has 0 amide bonds. The largest absolute Gasteiger partial charge is 0.335 e. The molecule has 0 aliphatic carbocycles. The van der Waals surface area contributed by atoms with E-state index in [-0.39, 0.29) is 5.54 Å². The topological polar surface area (TPSA) is 7.68 Å². The van der Waals surface area contributed by atoms with E-state index < -0.39 is 0 Å². The van der Waals surface area contributed by atoms with Crippen LogP contribution in [-0.4, -0.2) is 29.1 Å². The van der Waals surface area contributed by atoms with Gasteiger partial charge in [0.2, 0.25) is 0 Å². The normalized spacial score (nSPS) is 12.7. The monoisotopic (exact) mass is 283 g/mol. The molecule has 0 radical (unpaired) electrons. The number of quaternary nitrogens is 1. The van der Waals surface area contributed by atoms with Crippen molar-refractivity contribution in [3.63, 3.8) is 0 Å². The molecule has 0 saturated heterocycles. The predicted octanol–water partition coefficient (Wildman–Crippen LogP) is 3.25. The molecule has 0 fully saturated rings. The van der Waals surface area contributed by atoms with Crippen molar-refractivity contribution >= 4 is 23.6 Å². The van der Waals surface area contributed by atoms with Gasteiger partial charge in [0.25, 0.3) is 0 Å². The van der Waals surface area contributed by atoms with Crippen LogP contribution in [0, 0.1) is 0 Å². The molecule has 0 aromatic carbocycles. The second-order valence-electron chi connectivity index (χ2n) is 5.50. The standard InChI is InChI=1S/C13H28Cl2N2/c1-5-7-10-16(11-8-6-2)12-9-13(3,4)17(14)15/h5-12H2,1-4H3/p+1. The van der Waals surface area contributed by atoms with Gasteiger partial charge in [-0.3, -0.25) is 0 Å². The van der Waals surface area contributed by atoms with Gasteiger partial charge in [0, 0.05) is 6.42 Å². The number of hydrogen-bond acceptors (Lipinski definition) is 1. The molecule has 0 aliphatic heterocycles. The molecule has 104 valence electrons. The second-order valence-corrected chi connectivity index (χ2v) is 6.35. The van der Waals surface area contributed by atoms with E-state index in [1.165, 1.54) is 42.7 Å². The molecule has 1 N–H and O–H groups in total. The minimum Gasteiger partial charge on any atom is -0.335 e. The minimum absolute atomic E-state index is 0.132. The highest BCUT2D eigenvalue weighted by Crippen LogP contribution is 2.22. The fraction of sp³-hybridized carbons (Fsp3) is 1.00. The predicted molar refractivity (Wildman–Crippen MR) is 77.6 cm³/mol. The van der Waals surface area contributed by atoms with Crippen LogP contribution in [0.4, 0.5) is 0 Å². The van der Waals surface area contributed by atoms with Crippen molar-refractivity contribution in [3.05, 3.63) is 0 Å². The average Bonchev–Trinajstić information content (AvgIpc) is 2.28. The Hall–Kier alpha value is 0.500. The van der Waals surface area contributed by atoms with Crippen molar-refractivity contribution in [2.24, 2.45) is 0 Å². The number of halogens is 2. The van der Waals surface area contributed by atoms with Gasteiger partial charge >= 0.3 is 0 Å². The maximum Gasteiger partial charge on any atom is 0.0789 e. The van der Waals surface area contributed by atoms with E-state index in [9.17, 15) is 0 Å². The zero-order valence-corrected chi connectivity index (χ0v) is 13.4. The first-order valence-electron chi connectivity index (χ1n) is 6.89. The van der Waals surface area contributed by atoms with Gasteiger partial charge in [0.15, 0.2) is 0 Å². The molecule has 0 aliphatic rings. The molecule has 17 heavy (non-hydrogen) atoms. The number of unbranched alkanes of at least 4 members (excludes halogenated alkanes) is 2. The van der Waals surface area contributed by atoms with E-state index in [1.807, 2.05) is 0 Å². The SMILES string of the molecule is CCCC[NH+](CCCC)CCC(C)(C)N(Cl)Cl. The van der Waals surface area contributed by atoms with E-state index in [1.54, 1.807) is 4.90 Å². The second kappa shape index (κ2) is 9.43. The molecule has 0 aromatic rings. The highest BCUT2D eigenvalue weighted by atomic mass is 35.5. The third-order valence-electron chi connectivity index (χ3n) is 3.32. The number of rotatable bonds is 10. The molecular formula is C13H29Cl2N2+. The summed E-state index contributed by atoms with van der Waals surface area (Å²) in [5.74, 6) is 0. The van der Waals surface area contributed by atoms with Crippen molar-refractivity contribution in [1.29, 1.82) is 0 Å². The van der Waals surface area contributed by atoms with Crippen molar-refractivity contribution < 1.29 is 4.90 Å². The Kier molecular flexibility index (Phi) is 9.71. The Morgan fingerprint density at radius 3 is 1.76 bits per heavy atom. The molecular weight excluding hydrogens is 255 g/mol. The van der Waals surface area contributed by atoms with E-state index in [0.29, 0.717) is 0 Å². The Morgan fingerprint density at radius 1 is 0.941 bits per heavy atom. The average molecular weight is 284 g/mol. The summed E-state index contributed by atoms with van der Waals surface area (Å²) in [7, 11) is 0.